The molecule has 0 saturated heterocycles. The Balaban J connectivity index is 1.82. The second-order valence-corrected chi connectivity index (χ2v) is 10.7. The minimum atomic E-state index is 0.0283. The van der Waals surface area contributed by atoms with Gasteiger partial charge >= 0.3 is 0 Å². The second-order valence-electron chi connectivity index (χ2n) is 10.7. The van der Waals surface area contributed by atoms with Crippen LogP contribution in [0.5, 0.6) is 0 Å². The van der Waals surface area contributed by atoms with E-state index in [1.165, 1.54) is 65.7 Å². The van der Waals surface area contributed by atoms with Gasteiger partial charge in [0.15, 0.2) is 0 Å². The molecule has 0 spiro atoms. The van der Waals surface area contributed by atoms with Crippen LogP contribution in [0.2, 0.25) is 0 Å². The molecule has 0 N–H and O–H groups in total. The molecule has 0 radical (unpaired) electrons. The highest BCUT2D eigenvalue weighted by Gasteiger charge is 2.37. The molecule has 5 aromatic carbocycles. The summed E-state index contributed by atoms with van der Waals surface area (Å²) < 4.78 is 0. The molecule has 1 aliphatic rings. The Labute approximate surface area is 178 Å². The number of hydrogen-bond donors (Lipinski definition) is 0. The SMILES string of the molecule is Cc1cccc2c1-c1c(cc3ccc4cc(C(C)(C)C)cc5ccc1c3c45)C2(C)C. The summed E-state index contributed by atoms with van der Waals surface area (Å²) in [5, 5.41) is 8.33. The van der Waals surface area contributed by atoms with Gasteiger partial charge in [-0.25, -0.2) is 0 Å². The van der Waals surface area contributed by atoms with Crippen LogP contribution in [0.3, 0.4) is 0 Å². The lowest BCUT2D eigenvalue weighted by Crippen LogP contribution is -2.15. The van der Waals surface area contributed by atoms with Gasteiger partial charge < -0.3 is 0 Å². The summed E-state index contributed by atoms with van der Waals surface area (Å²) in [6.45, 7) is 13.9. The van der Waals surface area contributed by atoms with Gasteiger partial charge in [-0.1, -0.05) is 89.2 Å². The van der Waals surface area contributed by atoms with Crippen molar-refractivity contribution in [1.82, 2.24) is 0 Å². The predicted molar refractivity (Wildman–Crippen MR) is 131 cm³/mol. The van der Waals surface area contributed by atoms with Gasteiger partial charge in [-0.2, -0.15) is 0 Å². The van der Waals surface area contributed by atoms with Crippen molar-refractivity contribution in [3.8, 4) is 11.1 Å². The smallest absolute Gasteiger partial charge is 0.0159 e. The van der Waals surface area contributed by atoms with E-state index in [4.69, 9.17) is 0 Å². The van der Waals surface area contributed by atoms with E-state index in [9.17, 15) is 0 Å². The van der Waals surface area contributed by atoms with Crippen LogP contribution in [0, 0.1) is 6.92 Å². The third kappa shape index (κ3) is 2.12. The molecule has 0 heterocycles. The van der Waals surface area contributed by atoms with Crippen molar-refractivity contribution in [3.63, 3.8) is 0 Å². The zero-order chi connectivity index (χ0) is 21.0. The first kappa shape index (κ1) is 18.0. The molecule has 0 nitrogen and oxygen atoms in total. The lowest BCUT2D eigenvalue weighted by atomic mass is 9.80. The Hall–Kier alpha value is -2.86. The van der Waals surface area contributed by atoms with Crippen molar-refractivity contribution in [1.29, 1.82) is 0 Å². The number of fused-ring (bicyclic) bond motifs is 4. The molecule has 0 fully saturated rings. The van der Waals surface area contributed by atoms with Gasteiger partial charge in [0.2, 0.25) is 0 Å². The molecule has 0 unspecified atom stereocenters. The molecule has 0 heteroatoms. The number of aryl methyl sites for hydroxylation is 1. The van der Waals surface area contributed by atoms with Crippen LogP contribution in [0.4, 0.5) is 0 Å². The first-order valence-corrected chi connectivity index (χ1v) is 11.0. The fourth-order valence-corrected chi connectivity index (χ4v) is 5.76. The largest absolute Gasteiger partial charge is 0.0617 e. The molecule has 0 aliphatic heterocycles. The average molecular weight is 389 g/mol. The first-order chi connectivity index (χ1) is 14.2. The van der Waals surface area contributed by atoms with E-state index in [0.717, 1.165) is 0 Å². The van der Waals surface area contributed by atoms with Crippen LogP contribution in [0.15, 0.2) is 60.7 Å². The van der Waals surface area contributed by atoms with Crippen molar-refractivity contribution < 1.29 is 0 Å². The van der Waals surface area contributed by atoms with E-state index >= 15 is 0 Å². The van der Waals surface area contributed by atoms with E-state index in [1.54, 1.807) is 0 Å². The molecular weight excluding hydrogens is 360 g/mol. The Bertz CT molecular complexity index is 1470. The highest BCUT2D eigenvalue weighted by molar-refractivity contribution is 6.26. The van der Waals surface area contributed by atoms with Crippen LogP contribution < -0.4 is 0 Å². The maximum Gasteiger partial charge on any atom is 0.0159 e. The monoisotopic (exact) mass is 388 g/mol. The molecule has 0 aromatic heterocycles. The summed E-state index contributed by atoms with van der Waals surface area (Å²) in [6.07, 6.45) is 0. The van der Waals surface area contributed by atoms with Crippen LogP contribution >= 0.6 is 0 Å². The van der Waals surface area contributed by atoms with Gasteiger partial charge in [-0.3, -0.25) is 0 Å². The topological polar surface area (TPSA) is 0 Å². The third-order valence-corrected chi connectivity index (χ3v) is 7.45. The summed E-state index contributed by atoms with van der Waals surface area (Å²) >= 11 is 0. The van der Waals surface area contributed by atoms with Gasteiger partial charge in [0, 0.05) is 5.41 Å². The summed E-state index contributed by atoms with van der Waals surface area (Å²) in [6, 6.07) is 23.5. The average Bonchev–Trinajstić information content (AvgIpc) is 2.93. The van der Waals surface area contributed by atoms with Crippen molar-refractivity contribution in [3.05, 3.63) is 82.9 Å². The quantitative estimate of drug-likeness (QED) is 0.233. The highest BCUT2D eigenvalue weighted by atomic mass is 14.4. The fourth-order valence-electron chi connectivity index (χ4n) is 5.76. The van der Waals surface area contributed by atoms with E-state index in [0.29, 0.717) is 0 Å². The van der Waals surface area contributed by atoms with E-state index in [2.05, 4.69) is 102 Å². The van der Waals surface area contributed by atoms with E-state index in [-0.39, 0.29) is 10.8 Å². The number of rotatable bonds is 0. The van der Waals surface area contributed by atoms with Crippen molar-refractivity contribution >= 4 is 32.3 Å². The molecule has 0 atom stereocenters. The minimum absolute atomic E-state index is 0.0283. The van der Waals surface area contributed by atoms with Crippen molar-refractivity contribution in [2.45, 2.75) is 52.4 Å². The molecule has 0 bridgehead atoms. The predicted octanol–water partition coefficient (Wildman–Crippen LogP) is 8.50. The van der Waals surface area contributed by atoms with Gasteiger partial charge in [0.25, 0.3) is 0 Å². The van der Waals surface area contributed by atoms with Crippen LogP contribution in [0.25, 0.3) is 43.4 Å². The Kier molecular flexibility index (Phi) is 3.25. The Morgan fingerprint density at radius 3 is 1.97 bits per heavy atom. The van der Waals surface area contributed by atoms with Crippen LogP contribution in [-0.4, -0.2) is 0 Å². The fraction of sp³-hybridized carbons (Fsp3) is 0.267. The standard InChI is InChI=1S/C30H28/c1-17-8-7-9-23-25(17)28-22-13-12-19-15-21(29(2,3)4)14-18-10-11-20(27(22)26(18)19)16-24(28)30(23,5)6/h7-16H,1-6H3. The zero-order valence-corrected chi connectivity index (χ0v) is 18.8. The Morgan fingerprint density at radius 1 is 0.667 bits per heavy atom. The van der Waals surface area contributed by atoms with Gasteiger partial charge in [0.1, 0.15) is 0 Å². The maximum atomic E-state index is 2.47. The number of benzene rings is 5. The van der Waals surface area contributed by atoms with Crippen molar-refractivity contribution in [2.75, 3.05) is 0 Å². The van der Waals surface area contributed by atoms with Gasteiger partial charge in [0.05, 0.1) is 0 Å². The molecule has 148 valence electrons. The van der Waals surface area contributed by atoms with Crippen LogP contribution in [0.1, 0.15) is 56.9 Å². The second kappa shape index (κ2) is 5.43. The summed E-state index contributed by atoms with van der Waals surface area (Å²) in [5.74, 6) is 0. The third-order valence-electron chi connectivity index (χ3n) is 7.45. The molecule has 1 aliphatic carbocycles. The summed E-state index contributed by atoms with van der Waals surface area (Å²) in [7, 11) is 0. The highest BCUT2D eigenvalue weighted by Crippen LogP contribution is 2.54. The van der Waals surface area contributed by atoms with Crippen LogP contribution in [-0.2, 0) is 10.8 Å². The summed E-state index contributed by atoms with van der Waals surface area (Å²) in [5.41, 5.74) is 8.79. The molecule has 0 saturated carbocycles. The molecule has 0 amide bonds. The molecule has 5 aromatic rings. The van der Waals surface area contributed by atoms with Gasteiger partial charge in [-0.15, -0.1) is 0 Å². The number of hydrogen-bond acceptors (Lipinski definition) is 0. The normalized spacial score (nSPS) is 15.3. The lowest BCUT2D eigenvalue weighted by molar-refractivity contribution is 0.591. The first-order valence-electron chi connectivity index (χ1n) is 11.0. The molecular formula is C30H28. The van der Waals surface area contributed by atoms with Crippen molar-refractivity contribution in [2.24, 2.45) is 0 Å². The van der Waals surface area contributed by atoms with Gasteiger partial charge in [-0.05, 0) is 84.1 Å². The zero-order valence-electron chi connectivity index (χ0n) is 18.8. The molecule has 30 heavy (non-hydrogen) atoms. The Morgan fingerprint density at radius 2 is 1.30 bits per heavy atom. The molecule has 6 rings (SSSR count). The summed E-state index contributed by atoms with van der Waals surface area (Å²) in [4.78, 5) is 0. The maximum absolute atomic E-state index is 2.47. The van der Waals surface area contributed by atoms with E-state index < -0.39 is 0 Å². The van der Waals surface area contributed by atoms with E-state index in [1.807, 2.05) is 0 Å². The lowest BCUT2D eigenvalue weighted by Gasteiger charge is -2.24. The minimum Gasteiger partial charge on any atom is -0.0617 e.